The second-order valence-electron chi connectivity index (χ2n) is 4.77. The number of aliphatic hydroxyl groups excluding tert-OH is 1. The van der Waals surface area contributed by atoms with E-state index >= 15 is 0 Å². The normalized spacial score (nSPS) is 24.6. The largest absolute Gasteiger partial charge is 0.392 e. The number of hydrogen-bond donors (Lipinski definition) is 4. The lowest BCUT2D eigenvalue weighted by atomic mass is 10.2. The van der Waals surface area contributed by atoms with Gasteiger partial charge in [0.25, 0.3) is 0 Å². The van der Waals surface area contributed by atoms with Crippen LogP contribution in [0.4, 0.5) is 0 Å². The first-order valence-electron chi connectivity index (χ1n) is 6.51. The molecule has 1 saturated heterocycles. The molecule has 0 aromatic carbocycles. The second-order valence-corrected chi connectivity index (χ2v) is 4.77. The molecule has 6 nitrogen and oxygen atoms in total. The lowest BCUT2D eigenvalue weighted by molar-refractivity contribution is -0.123. The highest BCUT2D eigenvalue weighted by Crippen LogP contribution is 2.05. The van der Waals surface area contributed by atoms with Crippen LogP contribution in [0.1, 0.15) is 33.1 Å². The lowest BCUT2D eigenvalue weighted by Crippen LogP contribution is -2.42. The van der Waals surface area contributed by atoms with Crippen molar-refractivity contribution in [3.8, 4) is 0 Å². The van der Waals surface area contributed by atoms with Gasteiger partial charge in [0.15, 0.2) is 0 Å². The van der Waals surface area contributed by atoms with Gasteiger partial charge in [-0.1, -0.05) is 6.92 Å². The summed E-state index contributed by atoms with van der Waals surface area (Å²) in [4.78, 5) is 23.1. The van der Waals surface area contributed by atoms with Gasteiger partial charge in [0.05, 0.1) is 12.1 Å². The number of hydrogen-bond acceptors (Lipinski definition) is 4. The van der Waals surface area contributed by atoms with E-state index in [-0.39, 0.29) is 30.3 Å². The van der Waals surface area contributed by atoms with Crippen LogP contribution in [0.3, 0.4) is 0 Å². The summed E-state index contributed by atoms with van der Waals surface area (Å²) in [5.41, 5.74) is 0. The van der Waals surface area contributed by atoms with Crippen LogP contribution in [0.5, 0.6) is 0 Å². The number of carbonyl (C=O) groups is 2. The average Bonchev–Trinajstić information content (AvgIpc) is 2.75. The number of β-amino-alcohol motifs (C(OH)–C–C–N with tert-alkyl or cyclic N) is 1. The zero-order valence-corrected chi connectivity index (χ0v) is 11.0. The van der Waals surface area contributed by atoms with E-state index in [0.717, 1.165) is 6.42 Å². The molecule has 0 bridgehead atoms. The summed E-state index contributed by atoms with van der Waals surface area (Å²) in [5.74, 6) is -0.202. The molecule has 6 heteroatoms. The van der Waals surface area contributed by atoms with Gasteiger partial charge in [-0.3, -0.25) is 9.59 Å². The predicted octanol–water partition coefficient (Wildman–Crippen LogP) is -0.870. The van der Waals surface area contributed by atoms with E-state index < -0.39 is 6.10 Å². The van der Waals surface area contributed by atoms with Gasteiger partial charge < -0.3 is 21.1 Å². The van der Waals surface area contributed by atoms with E-state index in [4.69, 9.17) is 0 Å². The minimum absolute atomic E-state index is 0.0518. The van der Waals surface area contributed by atoms with E-state index in [1.807, 2.05) is 13.8 Å². The van der Waals surface area contributed by atoms with Gasteiger partial charge in [0.2, 0.25) is 11.8 Å². The third-order valence-electron chi connectivity index (χ3n) is 3.10. The van der Waals surface area contributed by atoms with Crippen LogP contribution in [-0.2, 0) is 9.59 Å². The summed E-state index contributed by atoms with van der Waals surface area (Å²) < 4.78 is 0. The van der Waals surface area contributed by atoms with Crippen LogP contribution in [0.15, 0.2) is 0 Å². The molecule has 1 heterocycles. The summed E-state index contributed by atoms with van der Waals surface area (Å²) >= 11 is 0. The van der Waals surface area contributed by atoms with Gasteiger partial charge in [-0.25, -0.2) is 0 Å². The summed E-state index contributed by atoms with van der Waals surface area (Å²) in [6, 6.07) is -0.169. The van der Waals surface area contributed by atoms with Crippen molar-refractivity contribution in [2.75, 3.05) is 13.1 Å². The number of amides is 2. The second kappa shape index (κ2) is 7.33. The molecule has 1 aliphatic heterocycles. The molecule has 0 aromatic rings. The van der Waals surface area contributed by atoms with Gasteiger partial charge in [0, 0.05) is 25.6 Å². The zero-order chi connectivity index (χ0) is 13.5. The standard InChI is InChI=1S/C12H23N3O3/c1-3-8(2)15-11(17)4-5-13-12(18)10-6-9(16)7-14-10/h8-10,14,16H,3-7H2,1-2H3,(H,13,18)(H,15,17). The molecule has 0 aromatic heterocycles. The molecular formula is C12H23N3O3. The number of nitrogens with one attached hydrogen (secondary N) is 3. The maximum atomic E-state index is 11.6. The van der Waals surface area contributed by atoms with Crippen LogP contribution < -0.4 is 16.0 Å². The fourth-order valence-electron chi connectivity index (χ4n) is 1.79. The maximum Gasteiger partial charge on any atom is 0.237 e. The molecule has 1 fully saturated rings. The fraction of sp³-hybridized carbons (Fsp3) is 0.833. The first-order chi connectivity index (χ1) is 8.52. The van der Waals surface area contributed by atoms with E-state index in [1.54, 1.807) is 0 Å². The summed E-state index contributed by atoms with van der Waals surface area (Å²) in [5, 5.41) is 17.7. The first-order valence-corrected chi connectivity index (χ1v) is 6.51. The highest BCUT2D eigenvalue weighted by molar-refractivity contribution is 5.83. The Morgan fingerprint density at radius 2 is 2.22 bits per heavy atom. The molecule has 0 aliphatic carbocycles. The van der Waals surface area contributed by atoms with Crippen LogP contribution in [0.25, 0.3) is 0 Å². The van der Waals surface area contributed by atoms with Crippen molar-refractivity contribution >= 4 is 11.8 Å². The molecule has 3 atom stereocenters. The Bertz CT molecular complexity index is 296. The van der Waals surface area contributed by atoms with Crippen molar-refractivity contribution in [2.24, 2.45) is 0 Å². The van der Waals surface area contributed by atoms with Crippen LogP contribution in [0, 0.1) is 0 Å². The molecule has 18 heavy (non-hydrogen) atoms. The molecule has 0 saturated carbocycles. The van der Waals surface area contributed by atoms with Crippen molar-refractivity contribution in [1.29, 1.82) is 0 Å². The Balaban J connectivity index is 2.13. The SMILES string of the molecule is CCC(C)NC(=O)CCNC(=O)C1CC(O)CN1. The summed E-state index contributed by atoms with van der Waals surface area (Å²) in [6.07, 6.45) is 1.16. The van der Waals surface area contributed by atoms with Crippen LogP contribution in [0.2, 0.25) is 0 Å². The van der Waals surface area contributed by atoms with Crippen LogP contribution >= 0.6 is 0 Å². The topological polar surface area (TPSA) is 90.5 Å². The van der Waals surface area contributed by atoms with E-state index in [9.17, 15) is 14.7 Å². The van der Waals surface area contributed by atoms with Crippen molar-refractivity contribution in [2.45, 2.75) is 51.3 Å². The van der Waals surface area contributed by atoms with E-state index in [2.05, 4.69) is 16.0 Å². The Labute approximate surface area is 108 Å². The predicted molar refractivity (Wildman–Crippen MR) is 67.9 cm³/mol. The number of rotatable bonds is 6. The molecule has 4 N–H and O–H groups in total. The van der Waals surface area contributed by atoms with Gasteiger partial charge in [-0.15, -0.1) is 0 Å². The molecule has 0 radical (unpaired) electrons. The van der Waals surface area contributed by atoms with Gasteiger partial charge in [0.1, 0.15) is 0 Å². The monoisotopic (exact) mass is 257 g/mol. The average molecular weight is 257 g/mol. The Morgan fingerprint density at radius 3 is 2.78 bits per heavy atom. The minimum Gasteiger partial charge on any atom is -0.392 e. The lowest BCUT2D eigenvalue weighted by Gasteiger charge is -2.13. The molecule has 104 valence electrons. The third kappa shape index (κ3) is 5.01. The Kier molecular flexibility index (Phi) is 6.07. The molecule has 1 rings (SSSR count). The highest BCUT2D eigenvalue weighted by Gasteiger charge is 2.27. The molecule has 3 unspecified atom stereocenters. The quantitative estimate of drug-likeness (QED) is 0.498. The number of aliphatic hydroxyl groups is 1. The van der Waals surface area contributed by atoms with Crippen molar-refractivity contribution in [1.82, 2.24) is 16.0 Å². The summed E-state index contributed by atoms with van der Waals surface area (Å²) in [6.45, 7) is 4.73. The highest BCUT2D eigenvalue weighted by atomic mass is 16.3. The van der Waals surface area contributed by atoms with Gasteiger partial charge in [-0.2, -0.15) is 0 Å². The van der Waals surface area contributed by atoms with E-state index in [1.165, 1.54) is 0 Å². The van der Waals surface area contributed by atoms with Crippen molar-refractivity contribution in [3.05, 3.63) is 0 Å². The van der Waals surface area contributed by atoms with Crippen molar-refractivity contribution in [3.63, 3.8) is 0 Å². The fourth-order valence-corrected chi connectivity index (χ4v) is 1.79. The van der Waals surface area contributed by atoms with Crippen LogP contribution in [-0.4, -0.2) is 48.2 Å². The first kappa shape index (κ1) is 14.9. The smallest absolute Gasteiger partial charge is 0.237 e. The molecule has 0 spiro atoms. The van der Waals surface area contributed by atoms with Gasteiger partial charge in [-0.05, 0) is 19.8 Å². The Morgan fingerprint density at radius 1 is 1.50 bits per heavy atom. The molecule has 2 amide bonds. The van der Waals surface area contributed by atoms with Gasteiger partial charge >= 0.3 is 0 Å². The minimum atomic E-state index is -0.450. The van der Waals surface area contributed by atoms with Crippen molar-refractivity contribution < 1.29 is 14.7 Å². The Hall–Kier alpha value is -1.14. The third-order valence-corrected chi connectivity index (χ3v) is 3.10. The summed E-state index contributed by atoms with van der Waals surface area (Å²) in [7, 11) is 0. The number of carbonyl (C=O) groups excluding carboxylic acids is 2. The molecule has 1 aliphatic rings. The zero-order valence-electron chi connectivity index (χ0n) is 11.0. The molecular weight excluding hydrogens is 234 g/mol. The maximum absolute atomic E-state index is 11.6. The van der Waals surface area contributed by atoms with E-state index in [0.29, 0.717) is 19.5 Å².